The Labute approximate surface area is 130 Å². The summed E-state index contributed by atoms with van der Waals surface area (Å²) >= 11 is 3.07. The maximum atomic E-state index is 13.4. The van der Waals surface area contributed by atoms with Crippen LogP contribution in [0.15, 0.2) is 28.8 Å². The molecule has 0 unspecified atom stereocenters. The van der Waals surface area contributed by atoms with Crippen LogP contribution in [-0.2, 0) is 9.59 Å². The molecular formula is C15H15BrFNO3. The first-order valence-corrected chi connectivity index (χ1v) is 7.33. The minimum atomic E-state index is -0.975. The van der Waals surface area contributed by atoms with Gasteiger partial charge in [0.1, 0.15) is 5.82 Å². The van der Waals surface area contributed by atoms with Crippen molar-refractivity contribution in [1.29, 1.82) is 0 Å². The van der Waals surface area contributed by atoms with Gasteiger partial charge in [-0.3, -0.25) is 9.59 Å². The van der Waals surface area contributed by atoms with Gasteiger partial charge in [0.25, 0.3) is 0 Å². The normalized spacial score (nSPS) is 21.1. The van der Waals surface area contributed by atoms with Crippen LogP contribution < -0.4 is 5.32 Å². The lowest BCUT2D eigenvalue weighted by molar-refractivity contribution is -0.146. The van der Waals surface area contributed by atoms with Crippen molar-refractivity contribution in [2.75, 3.05) is 5.32 Å². The number of nitrogens with one attached hydrogen (secondary N) is 1. The van der Waals surface area contributed by atoms with Gasteiger partial charge >= 0.3 is 5.97 Å². The van der Waals surface area contributed by atoms with Crippen molar-refractivity contribution in [3.05, 3.63) is 40.1 Å². The average Bonchev–Trinajstić information content (AvgIpc) is 2.44. The number of amides is 1. The summed E-state index contributed by atoms with van der Waals surface area (Å²) in [6.07, 6.45) is 4.34. The summed E-state index contributed by atoms with van der Waals surface area (Å²) in [6, 6.07) is 2.80. The molecule has 2 rings (SSSR count). The Morgan fingerprint density at radius 3 is 2.52 bits per heavy atom. The highest BCUT2D eigenvalue weighted by Gasteiger charge is 2.34. The predicted molar refractivity (Wildman–Crippen MR) is 80.5 cm³/mol. The van der Waals surface area contributed by atoms with Crippen LogP contribution in [0.25, 0.3) is 0 Å². The van der Waals surface area contributed by atoms with Crippen molar-refractivity contribution in [3.63, 3.8) is 0 Å². The van der Waals surface area contributed by atoms with E-state index >= 15 is 0 Å². The average molecular weight is 356 g/mol. The van der Waals surface area contributed by atoms with Gasteiger partial charge in [0, 0.05) is 5.69 Å². The number of benzene rings is 1. The third-order valence-corrected chi connectivity index (χ3v) is 4.22. The van der Waals surface area contributed by atoms with Crippen LogP contribution in [0.4, 0.5) is 10.1 Å². The van der Waals surface area contributed by atoms with E-state index in [1.54, 1.807) is 13.0 Å². The van der Waals surface area contributed by atoms with Gasteiger partial charge in [-0.25, -0.2) is 4.39 Å². The third-order valence-electron chi connectivity index (χ3n) is 3.61. The molecule has 0 aliphatic heterocycles. The van der Waals surface area contributed by atoms with Crippen molar-refractivity contribution >= 4 is 33.5 Å². The molecule has 112 valence electrons. The zero-order valence-electron chi connectivity index (χ0n) is 11.4. The molecule has 0 aromatic heterocycles. The Morgan fingerprint density at radius 1 is 1.29 bits per heavy atom. The van der Waals surface area contributed by atoms with Gasteiger partial charge in [0.2, 0.25) is 5.91 Å². The highest BCUT2D eigenvalue weighted by atomic mass is 79.9. The Hall–Kier alpha value is -1.69. The minimum absolute atomic E-state index is 0.252. The van der Waals surface area contributed by atoms with Gasteiger partial charge in [-0.2, -0.15) is 0 Å². The Balaban J connectivity index is 2.19. The minimum Gasteiger partial charge on any atom is -0.481 e. The number of rotatable bonds is 3. The van der Waals surface area contributed by atoms with Crippen LogP contribution in [0, 0.1) is 24.6 Å². The lowest BCUT2D eigenvalue weighted by atomic mass is 9.82. The fraction of sp³-hybridized carbons (Fsp3) is 0.333. The summed E-state index contributed by atoms with van der Waals surface area (Å²) in [5, 5.41) is 11.9. The van der Waals surface area contributed by atoms with Crippen molar-refractivity contribution < 1.29 is 19.1 Å². The van der Waals surface area contributed by atoms with Crippen molar-refractivity contribution in [3.8, 4) is 0 Å². The molecule has 4 nitrogen and oxygen atoms in total. The van der Waals surface area contributed by atoms with Crippen molar-refractivity contribution in [2.24, 2.45) is 11.8 Å². The predicted octanol–water partition coefficient (Wildman–Crippen LogP) is 3.50. The van der Waals surface area contributed by atoms with Crippen LogP contribution >= 0.6 is 15.9 Å². The second-order valence-electron chi connectivity index (χ2n) is 5.06. The van der Waals surface area contributed by atoms with Gasteiger partial charge in [0.15, 0.2) is 0 Å². The summed E-state index contributed by atoms with van der Waals surface area (Å²) < 4.78 is 13.6. The molecule has 0 saturated carbocycles. The number of carbonyl (C=O) groups is 2. The third kappa shape index (κ3) is 3.50. The van der Waals surface area contributed by atoms with Gasteiger partial charge in [0.05, 0.1) is 16.3 Å². The first kappa shape index (κ1) is 15.7. The van der Waals surface area contributed by atoms with Crippen LogP contribution in [0.5, 0.6) is 0 Å². The standard InChI is InChI=1S/C15H15BrFNO3/c1-8-6-12(17)11(16)7-13(8)18-14(19)9-4-2-3-5-10(9)15(20)21/h2-3,6-7,9-10H,4-5H2,1H3,(H,18,19)(H,20,21)/t9-,10+/m1/s1. The van der Waals surface area contributed by atoms with Crippen molar-refractivity contribution in [2.45, 2.75) is 19.8 Å². The zero-order valence-corrected chi connectivity index (χ0v) is 13.0. The monoisotopic (exact) mass is 355 g/mol. The Bertz CT molecular complexity index is 615. The Kier molecular flexibility index (Phi) is 4.77. The number of anilines is 1. The number of carboxylic acids is 1. The molecule has 0 heterocycles. The molecule has 1 aromatic rings. The SMILES string of the molecule is Cc1cc(F)c(Br)cc1NC(=O)[C@@H]1CC=CC[C@@H]1C(=O)O. The summed E-state index contributed by atoms with van der Waals surface area (Å²) in [5.41, 5.74) is 1.06. The van der Waals surface area contributed by atoms with Gasteiger partial charge in [-0.05, 0) is 53.4 Å². The summed E-state index contributed by atoms with van der Waals surface area (Å²) in [5.74, 6) is -3.07. The molecule has 1 aliphatic carbocycles. The second-order valence-corrected chi connectivity index (χ2v) is 5.92. The maximum Gasteiger partial charge on any atom is 0.307 e. The van der Waals surface area contributed by atoms with E-state index in [0.717, 1.165) is 0 Å². The molecule has 21 heavy (non-hydrogen) atoms. The van der Waals surface area contributed by atoms with Crippen LogP contribution in [0.2, 0.25) is 0 Å². The van der Waals surface area contributed by atoms with Crippen molar-refractivity contribution in [1.82, 2.24) is 0 Å². The summed E-state index contributed by atoms with van der Waals surface area (Å²) in [4.78, 5) is 23.5. The van der Waals surface area contributed by atoms with Gasteiger partial charge < -0.3 is 10.4 Å². The first-order valence-electron chi connectivity index (χ1n) is 6.54. The van der Waals surface area contributed by atoms with E-state index in [4.69, 9.17) is 0 Å². The molecule has 0 radical (unpaired) electrons. The van der Waals surface area contributed by atoms with E-state index in [1.807, 2.05) is 6.08 Å². The van der Waals surface area contributed by atoms with Crippen LogP contribution in [-0.4, -0.2) is 17.0 Å². The molecule has 6 heteroatoms. The molecule has 0 spiro atoms. The van der Waals surface area contributed by atoms with Crippen LogP contribution in [0.3, 0.4) is 0 Å². The number of carboxylic acid groups (broad SMARTS) is 1. The molecule has 0 bridgehead atoms. The number of halogens is 2. The molecular weight excluding hydrogens is 341 g/mol. The van der Waals surface area contributed by atoms with E-state index in [9.17, 15) is 19.1 Å². The summed E-state index contributed by atoms with van der Waals surface area (Å²) in [6.45, 7) is 1.68. The topological polar surface area (TPSA) is 66.4 Å². The highest BCUT2D eigenvalue weighted by Crippen LogP contribution is 2.29. The maximum absolute atomic E-state index is 13.4. The number of allylic oxidation sites excluding steroid dienone is 2. The summed E-state index contributed by atoms with van der Waals surface area (Å²) in [7, 11) is 0. The van der Waals surface area contributed by atoms with E-state index < -0.39 is 23.6 Å². The fourth-order valence-electron chi connectivity index (χ4n) is 2.38. The molecule has 2 atom stereocenters. The second kappa shape index (κ2) is 6.39. The highest BCUT2D eigenvalue weighted by molar-refractivity contribution is 9.10. The molecule has 2 N–H and O–H groups in total. The van der Waals surface area contributed by atoms with Crippen LogP contribution in [0.1, 0.15) is 18.4 Å². The number of carbonyl (C=O) groups excluding carboxylic acids is 1. The lowest BCUT2D eigenvalue weighted by Gasteiger charge is -2.24. The number of aryl methyl sites for hydroxylation is 1. The zero-order chi connectivity index (χ0) is 15.6. The smallest absolute Gasteiger partial charge is 0.307 e. The van der Waals surface area contributed by atoms with E-state index in [2.05, 4.69) is 21.2 Å². The number of hydrogen-bond donors (Lipinski definition) is 2. The van der Waals surface area contributed by atoms with Gasteiger partial charge in [-0.15, -0.1) is 0 Å². The first-order chi connectivity index (χ1) is 9.90. The fourth-order valence-corrected chi connectivity index (χ4v) is 2.73. The van der Waals surface area contributed by atoms with E-state index in [-0.39, 0.29) is 10.4 Å². The number of hydrogen-bond acceptors (Lipinski definition) is 2. The molecule has 0 saturated heterocycles. The van der Waals surface area contributed by atoms with E-state index in [0.29, 0.717) is 24.1 Å². The molecule has 1 amide bonds. The molecule has 1 aliphatic rings. The molecule has 1 aromatic carbocycles. The van der Waals surface area contributed by atoms with E-state index in [1.165, 1.54) is 12.1 Å². The lowest BCUT2D eigenvalue weighted by Crippen LogP contribution is -2.34. The largest absolute Gasteiger partial charge is 0.481 e. The molecule has 0 fully saturated rings. The Morgan fingerprint density at radius 2 is 1.90 bits per heavy atom. The van der Waals surface area contributed by atoms with Gasteiger partial charge in [-0.1, -0.05) is 12.2 Å². The quantitative estimate of drug-likeness (QED) is 0.815. The number of aliphatic carboxylic acids is 1.